The summed E-state index contributed by atoms with van der Waals surface area (Å²) in [4.78, 5) is 17.0. The first-order valence-corrected chi connectivity index (χ1v) is 9.73. The van der Waals surface area contributed by atoms with E-state index in [4.69, 9.17) is 0 Å². The summed E-state index contributed by atoms with van der Waals surface area (Å²) in [5.74, 6) is 0.696. The summed E-state index contributed by atoms with van der Waals surface area (Å²) in [5.41, 5.74) is 4.20. The monoisotopic (exact) mass is 377 g/mol. The lowest BCUT2D eigenvalue weighted by Gasteiger charge is -2.50. The van der Waals surface area contributed by atoms with Crippen molar-refractivity contribution in [1.82, 2.24) is 9.88 Å². The number of aromatic nitrogens is 1. The molecule has 0 amide bonds. The molecule has 5 rings (SSSR count). The summed E-state index contributed by atoms with van der Waals surface area (Å²) in [6.07, 6.45) is 2.71. The average molecular weight is 377 g/mol. The van der Waals surface area contributed by atoms with Crippen LogP contribution in [0.2, 0.25) is 0 Å². The summed E-state index contributed by atoms with van der Waals surface area (Å²) in [7, 11) is 2.15. The van der Waals surface area contributed by atoms with Crippen LogP contribution in [0.15, 0.2) is 42.5 Å². The van der Waals surface area contributed by atoms with Gasteiger partial charge in [-0.3, -0.25) is 10.1 Å². The highest BCUT2D eigenvalue weighted by molar-refractivity contribution is 5.92. The van der Waals surface area contributed by atoms with E-state index in [1.165, 1.54) is 11.1 Å². The maximum absolute atomic E-state index is 11.5. The number of nitro benzene ring substituents is 1. The number of rotatable bonds is 2. The summed E-state index contributed by atoms with van der Waals surface area (Å²) in [6, 6.07) is 13.0. The van der Waals surface area contributed by atoms with E-state index in [0.717, 1.165) is 43.4 Å². The Morgan fingerprint density at radius 2 is 2.11 bits per heavy atom. The minimum absolute atomic E-state index is 0.0616. The van der Waals surface area contributed by atoms with Gasteiger partial charge in [-0.25, -0.2) is 0 Å². The first-order valence-electron chi connectivity index (χ1n) is 9.73. The Balaban J connectivity index is 1.69. The fourth-order valence-corrected chi connectivity index (χ4v) is 5.44. The van der Waals surface area contributed by atoms with Crippen LogP contribution in [0, 0.1) is 16.0 Å². The van der Waals surface area contributed by atoms with Gasteiger partial charge in [0.1, 0.15) is 11.3 Å². The number of phenols is 1. The van der Waals surface area contributed by atoms with Gasteiger partial charge in [0.05, 0.1) is 4.92 Å². The molecule has 144 valence electrons. The Bertz CT molecular complexity index is 1090. The molecule has 0 saturated carbocycles. The number of benzene rings is 2. The molecule has 1 saturated heterocycles. The lowest BCUT2D eigenvalue weighted by atomic mass is 9.59. The molecule has 1 aliphatic heterocycles. The molecule has 2 N–H and O–H groups in total. The normalized spacial score (nSPS) is 24.7. The number of likely N-dealkylation sites (tertiary alicyclic amines) is 1. The highest BCUT2D eigenvalue weighted by Crippen LogP contribution is 2.49. The number of non-ortho nitro benzene ring substituents is 1. The first-order chi connectivity index (χ1) is 13.5. The molecule has 2 atom stereocenters. The van der Waals surface area contributed by atoms with Crippen LogP contribution in [0.4, 0.5) is 5.69 Å². The number of hydrogen-bond acceptors (Lipinski definition) is 4. The summed E-state index contributed by atoms with van der Waals surface area (Å²) >= 11 is 0. The van der Waals surface area contributed by atoms with Crippen molar-refractivity contribution >= 4 is 16.6 Å². The number of nitrogens with one attached hydrogen (secondary N) is 1. The van der Waals surface area contributed by atoms with Crippen LogP contribution < -0.4 is 0 Å². The molecule has 1 aliphatic carbocycles. The number of aromatic amines is 1. The van der Waals surface area contributed by atoms with Crippen molar-refractivity contribution in [2.24, 2.45) is 5.92 Å². The van der Waals surface area contributed by atoms with E-state index in [0.29, 0.717) is 17.2 Å². The van der Waals surface area contributed by atoms with Crippen molar-refractivity contribution in [3.8, 4) is 5.75 Å². The van der Waals surface area contributed by atoms with Gasteiger partial charge in [0.2, 0.25) is 0 Å². The van der Waals surface area contributed by atoms with E-state index in [2.05, 4.69) is 23.0 Å². The number of piperidine rings is 1. The lowest BCUT2D eigenvalue weighted by Crippen LogP contribution is -2.52. The first kappa shape index (κ1) is 17.3. The van der Waals surface area contributed by atoms with Gasteiger partial charge >= 0.3 is 0 Å². The predicted octanol–water partition coefficient (Wildman–Crippen LogP) is 3.77. The zero-order valence-corrected chi connectivity index (χ0v) is 15.8. The second-order valence-corrected chi connectivity index (χ2v) is 8.34. The van der Waals surface area contributed by atoms with Gasteiger partial charge in [-0.2, -0.15) is 0 Å². The highest BCUT2D eigenvalue weighted by Gasteiger charge is 2.47. The van der Waals surface area contributed by atoms with Crippen LogP contribution in [-0.2, 0) is 18.3 Å². The van der Waals surface area contributed by atoms with Crippen LogP contribution in [-0.4, -0.2) is 40.1 Å². The van der Waals surface area contributed by atoms with E-state index >= 15 is 0 Å². The molecule has 0 radical (unpaired) electrons. The maximum atomic E-state index is 11.5. The number of nitro groups is 1. The van der Waals surface area contributed by atoms with Gasteiger partial charge in [-0.15, -0.1) is 0 Å². The van der Waals surface area contributed by atoms with Crippen LogP contribution >= 0.6 is 0 Å². The average Bonchev–Trinajstić information content (AvgIpc) is 3.03. The number of nitrogens with zero attached hydrogens (tertiary/aromatic N) is 2. The van der Waals surface area contributed by atoms with E-state index < -0.39 is 0 Å². The third-order valence-corrected chi connectivity index (χ3v) is 6.82. The zero-order valence-electron chi connectivity index (χ0n) is 15.8. The molecule has 0 bridgehead atoms. The molecule has 6 heteroatoms. The van der Waals surface area contributed by atoms with E-state index in [-0.39, 0.29) is 16.0 Å². The minimum atomic E-state index is -0.309. The molecular formula is C22H23N3O3. The largest absolute Gasteiger partial charge is 0.508 e. The van der Waals surface area contributed by atoms with E-state index in [1.54, 1.807) is 18.2 Å². The number of phenolic OH excluding ortho intramolecular Hbond substituents is 1. The van der Waals surface area contributed by atoms with Crippen LogP contribution in [0.3, 0.4) is 0 Å². The smallest absolute Gasteiger partial charge is 0.293 e. The van der Waals surface area contributed by atoms with Crippen molar-refractivity contribution in [3.63, 3.8) is 0 Å². The predicted molar refractivity (Wildman–Crippen MR) is 108 cm³/mol. The Morgan fingerprint density at radius 1 is 1.29 bits per heavy atom. The quantitative estimate of drug-likeness (QED) is 0.526. The van der Waals surface area contributed by atoms with E-state index in [9.17, 15) is 15.2 Å². The zero-order chi connectivity index (χ0) is 19.5. The fourth-order valence-electron chi connectivity index (χ4n) is 5.44. The van der Waals surface area contributed by atoms with Crippen molar-refractivity contribution in [3.05, 3.63) is 69.4 Å². The topological polar surface area (TPSA) is 82.4 Å². The summed E-state index contributed by atoms with van der Waals surface area (Å²) in [6.45, 7) is 1.98. The van der Waals surface area contributed by atoms with Crippen LogP contribution in [0.1, 0.15) is 23.2 Å². The number of hydrogen-bond donors (Lipinski definition) is 2. The second kappa shape index (κ2) is 6.07. The molecule has 2 heterocycles. The number of aromatic hydroxyl groups is 1. The van der Waals surface area contributed by atoms with Crippen LogP contribution in [0.25, 0.3) is 10.9 Å². The van der Waals surface area contributed by atoms with Crippen LogP contribution in [0.5, 0.6) is 5.75 Å². The van der Waals surface area contributed by atoms with Crippen molar-refractivity contribution < 1.29 is 10.0 Å². The number of fused-ring (bicyclic) bond motifs is 4. The van der Waals surface area contributed by atoms with Gasteiger partial charge < -0.3 is 15.0 Å². The van der Waals surface area contributed by atoms with E-state index in [1.807, 2.05) is 18.2 Å². The Hall–Kier alpha value is -2.86. The Labute approximate surface area is 162 Å². The molecule has 2 unspecified atom stereocenters. The molecule has 1 fully saturated rings. The maximum Gasteiger partial charge on any atom is 0.293 e. The fraction of sp³-hybridized carbons (Fsp3) is 0.364. The van der Waals surface area contributed by atoms with Gasteiger partial charge in [0.25, 0.3) is 5.69 Å². The molecule has 3 aromatic rings. The highest BCUT2D eigenvalue weighted by atomic mass is 16.6. The van der Waals surface area contributed by atoms with Crippen molar-refractivity contribution in [1.29, 1.82) is 0 Å². The van der Waals surface area contributed by atoms with Crippen molar-refractivity contribution in [2.45, 2.75) is 24.7 Å². The van der Waals surface area contributed by atoms with Crippen molar-refractivity contribution in [2.75, 3.05) is 20.1 Å². The van der Waals surface area contributed by atoms with Gasteiger partial charge in [-0.05, 0) is 62.0 Å². The van der Waals surface area contributed by atoms with Gasteiger partial charge in [0.15, 0.2) is 0 Å². The molecule has 6 nitrogen and oxygen atoms in total. The molecule has 2 aliphatic rings. The summed E-state index contributed by atoms with van der Waals surface area (Å²) < 4.78 is 0. The standard InChI is InChI=1S/C22H23N3O3/c1-24-9-8-22(14-4-2-5-16(26)10-14)12-19-18(11-15(22)13-24)17-6-3-7-20(25(27)28)21(17)23-19/h2-7,10,15,23,26H,8-9,11-13H2,1H3. The van der Waals surface area contributed by atoms with Gasteiger partial charge in [0, 0.05) is 29.1 Å². The molecule has 0 spiro atoms. The Kier molecular flexibility index (Phi) is 3.74. The number of H-pyrrole nitrogens is 1. The molecular weight excluding hydrogens is 354 g/mol. The third kappa shape index (κ3) is 2.44. The molecule has 28 heavy (non-hydrogen) atoms. The lowest BCUT2D eigenvalue weighted by molar-refractivity contribution is -0.383. The second-order valence-electron chi connectivity index (χ2n) is 8.34. The number of para-hydroxylation sites is 1. The molecule has 1 aromatic heterocycles. The van der Waals surface area contributed by atoms with Gasteiger partial charge in [-0.1, -0.05) is 24.3 Å². The summed E-state index contributed by atoms with van der Waals surface area (Å²) in [5, 5.41) is 22.6. The SMILES string of the molecule is CN1CCC2(c3cccc(O)c3)Cc3[nH]c4c([N+](=O)[O-])cccc4c3CC2C1. The minimum Gasteiger partial charge on any atom is -0.508 e. The molecule has 2 aromatic carbocycles. The Morgan fingerprint density at radius 3 is 2.89 bits per heavy atom. The third-order valence-electron chi connectivity index (χ3n) is 6.82.